The zero-order valence-corrected chi connectivity index (χ0v) is 82.1. The van der Waals surface area contributed by atoms with Crippen LogP contribution in [0, 0.1) is 41.2 Å². The van der Waals surface area contributed by atoms with Crippen LogP contribution in [0.25, 0.3) is 0 Å². The van der Waals surface area contributed by atoms with Gasteiger partial charge in [-0.25, -0.2) is 40.1 Å². The maximum atomic E-state index is 16.1. The first-order valence-electron chi connectivity index (χ1n) is 45.1. The molecule has 0 bridgehead atoms. The van der Waals surface area contributed by atoms with Gasteiger partial charge in [0.1, 0.15) is 44.0 Å². The van der Waals surface area contributed by atoms with Crippen molar-refractivity contribution in [3.8, 4) is 5.75 Å². The second kappa shape index (κ2) is 49.7. The molecule has 4 aliphatic rings. The molecule has 9 rings (SSSR count). The number of nitrogens with one attached hydrogen (secondary N) is 6. The summed E-state index contributed by atoms with van der Waals surface area (Å²) in [4.78, 5) is 189. The van der Waals surface area contributed by atoms with Gasteiger partial charge in [0, 0.05) is 106 Å². The van der Waals surface area contributed by atoms with E-state index in [1.54, 1.807) is 104 Å². The second-order valence-electron chi connectivity index (χ2n) is 35.2. The Morgan fingerprint density at radius 3 is 1.67 bits per heavy atom. The lowest BCUT2D eigenvalue weighted by Crippen LogP contribution is -2.60. The molecule has 0 saturated carbocycles. The predicted molar refractivity (Wildman–Crippen MR) is 505 cm³/mol. The average molecular weight is 1970 g/mol. The Morgan fingerprint density at radius 1 is 0.625 bits per heavy atom. The number of likely N-dealkylation sites (N-methyl/N-ethyl adjacent to an activating group) is 2. The van der Waals surface area contributed by atoms with Crippen LogP contribution >= 0.6 is 23.5 Å². The molecule has 136 heavy (non-hydrogen) atoms. The van der Waals surface area contributed by atoms with Gasteiger partial charge in [0.2, 0.25) is 41.4 Å². The fraction of sp³-hybridized carbons (Fsp3) is 0.521. The average Bonchev–Trinajstić information content (AvgIpc) is 1.61. The number of likely N-dealkylation sites (tertiary alicyclic amines) is 1. The molecule has 3 saturated heterocycles. The Morgan fingerprint density at radius 2 is 1.17 bits per heavy atom. The molecule has 742 valence electrons. The third kappa shape index (κ3) is 29.0. The van der Waals surface area contributed by atoms with Gasteiger partial charge in [-0.15, -0.1) is 0 Å². The number of rotatable bonds is 45. The number of hydrogen-bond acceptors (Lipinski definition) is 25. The third-order valence-corrected chi connectivity index (χ3v) is 29.9. The molecule has 4 aliphatic heterocycles. The fourth-order valence-corrected chi connectivity index (χ4v) is 20.9. The summed E-state index contributed by atoms with van der Waals surface area (Å²) in [6.07, 6.45) is -1.61. The van der Waals surface area contributed by atoms with Gasteiger partial charge in [0.15, 0.2) is 37.1 Å². The number of nitrogens with two attached hydrogens (primary N) is 1. The van der Waals surface area contributed by atoms with Crippen LogP contribution in [-0.2, 0) is 88.4 Å². The van der Waals surface area contributed by atoms with Crippen LogP contribution in [0.3, 0.4) is 0 Å². The first-order valence-corrected chi connectivity index (χ1v) is 50.4. The monoisotopic (exact) mass is 1970 g/mol. The van der Waals surface area contributed by atoms with Crippen molar-refractivity contribution in [2.45, 2.75) is 185 Å². The Kier molecular flexibility index (Phi) is 39.7. The minimum absolute atomic E-state index is 0.00376. The first kappa shape index (κ1) is 109. The largest absolute Gasteiger partial charge is 0.485 e. The molecule has 5 aromatic rings. The number of methoxy groups -OCH3 is 2. The van der Waals surface area contributed by atoms with E-state index in [2.05, 4.69) is 31.9 Å². The van der Waals surface area contributed by atoms with Crippen molar-refractivity contribution in [3.63, 3.8) is 0 Å². The quantitative estimate of drug-likeness (QED) is 0.0139. The highest BCUT2D eigenvalue weighted by Gasteiger charge is 2.46. The Bertz CT molecular complexity index is 5200. The normalized spacial score (nSPS) is 17.9. The number of primary amides is 1. The fourth-order valence-electron chi connectivity index (χ4n) is 16.5. The number of carbonyl (C=O) groups is 13. The van der Waals surface area contributed by atoms with Gasteiger partial charge in [-0.3, -0.25) is 57.6 Å². The number of anilines is 2. The van der Waals surface area contributed by atoms with Crippen molar-refractivity contribution in [1.29, 1.82) is 0 Å². The van der Waals surface area contributed by atoms with E-state index in [1.165, 1.54) is 96.6 Å². The molecule has 0 aromatic heterocycles. The third-order valence-electron chi connectivity index (χ3n) is 24.4. The van der Waals surface area contributed by atoms with Crippen LogP contribution in [-0.4, -0.2) is 288 Å². The summed E-state index contributed by atoms with van der Waals surface area (Å²) in [5, 5.41) is 27.3. The van der Waals surface area contributed by atoms with Crippen LogP contribution in [0.15, 0.2) is 135 Å². The van der Waals surface area contributed by atoms with E-state index in [1.807, 2.05) is 19.9 Å². The molecule has 0 aliphatic carbocycles. The number of benzene rings is 5. The number of ether oxygens (including phenoxy) is 5. The number of imide groups is 1. The summed E-state index contributed by atoms with van der Waals surface area (Å²) in [6, 6.07) is 21.0. The van der Waals surface area contributed by atoms with Crippen LogP contribution in [0.4, 0.5) is 29.7 Å². The van der Waals surface area contributed by atoms with Gasteiger partial charge in [-0.2, -0.15) is 0 Å². The van der Waals surface area contributed by atoms with Crippen LogP contribution in [0.5, 0.6) is 5.75 Å². The van der Waals surface area contributed by atoms with E-state index in [9.17, 15) is 84.3 Å². The van der Waals surface area contributed by atoms with Gasteiger partial charge in [0.05, 0.1) is 93.9 Å². The number of hydrogen-bond donors (Lipinski definition) is 8. The number of urea groups is 1. The zero-order chi connectivity index (χ0) is 99.9. The molecular weight excluding hydrogens is 1850 g/mol. The molecule has 42 heteroatoms. The smallest absolute Gasteiger partial charge is 0.410 e. The van der Waals surface area contributed by atoms with E-state index in [0.717, 1.165) is 28.4 Å². The minimum Gasteiger partial charge on any atom is -0.485 e. The molecule has 4 heterocycles. The van der Waals surface area contributed by atoms with E-state index < -0.39 is 212 Å². The summed E-state index contributed by atoms with van der Waals surface area (Å²) in [5.41, 5.74) is 6.54. The number of amides is 14. The van der Waals surface area contributed by atoms with Crippen LogP contribution in [0.2, 0.25) is 0 Å². The van der Waals surface area contributed by atoms with Crippen LogP contribution < -0.4 is 47.3 Å². The van der Waals surface area contributed by atoms with Crippen molar-refractivity contribution in [3.05, 3.63) is 159 Å². The molecule has 36 nitrogen and oxygen atoms in total. The first-order chi connectivity index (χ1) is 64.4. The lowest BCUT2D eigenvalue weighted by Gasteiger charge is -2.41. The molecule has 9 N–H and O–H groups in total. The molecule has 0 spiro atoms. The van der Waals surface area contributed by atoms with E-state index in [-0.39, 0.29) is 126 Å². The van der Waals surface area contributed by atoms with Crippen molar-refractivity contribution in [2.24, 2.45) is 35.3 Å². The maximum Gasteiger partial charge on any atom is 0.410 e. The van der Waals surface area contributed by atoms with E-state index in [4.69, 9.17) is 29.4 Å². The summed E-state index contributed by atoms with van der Waals surface area (Å²) in [7, 11) is -0.602. The van der Waals surface area contributed by atoms with Gasteiger partial charge in [-0.1, -0.05) is 135 Å². The van der Waals surface area contributed by atoms with Crippen molar-refractivity contribution in [1.82, 2.24) is 51.1 Å². The SMILES string of the molecule is CCC(C)[C@@H]([C@@H](CC(=O)N1CCC[C@H]1[C@H](OC)[C@@H](C)C(=O)N[C@H](C)[C@@H](O)c1ccccc1)OC)N(C)C(=O)[C@@H](NC(=O)[C@H](C(C)C)N(C)C(=O)OCc1ccc(NC(=O)[C@H](CCCNC(N)=O)NC(=O)[C@@H](NC(=O)COCCOc2c(F)cc(N3C(=O)C(Sc4ccc(C(=O)N5CCS(=O)(=O)CC5)cc4)=C(Sc4ccc(C(=O)N5CCS(=O)(=O)CC5)cc4)C3=O)cc2F)C(C)C)cc1)C(C)C. The minimum atomic E-state index is -3.29. The number of carbonyl (C=O) groups excluding carboxylic acids is 13. The Balaban J connectivity index is 0.761. The molecule has 0 radical (unpaired) electrons. The molecule has 12 atom stereocenters. The molecule has 3 fully saturated rings. The summed E-state index contributed by atoms with van der Waals surface area (Å²) in [6.45, 7) is 16.0. The number of nitrogens with zero attached hydrogens (tertiary/aromatic N) is 6. The second-order valence-corrected chi connectivity index (χ2v) is 42.0. The Hall–Kier alpha value is -11.2. The summed E-state index contributed by atoms with van der Waals surface area (Å²) < 4.78 is 109. The number of aliphatic hydroxyl groups excluding tert-OH is 1. The standard InChI is InChI=1S/C94H125F2N13O23S4/c1-15-57(8)78(72(128-13)51-74(111)108-38-20-24-71(108)80(129-14)58(9)84(113)99-59(10)79(112)61-21-17-16-18-22-61)104(11)90(119)76(55(4)5)103-87(116)77(56(6)7)105(12)94(123)132-52-60-25-31-64(32-26-60)100-85(114)70(23-19-37-98-93(97)122)101-86(115)75(54(2)3)102-73(110)53-130-43-44-131-81-68(95)49-65(50-69(81)96)109-91(120)82(133-66-33-27-62(28-34-66)88(117)106-39-45-135(124,125)46-40-106)83(92(109)121)134-67-35-29-63(30-36-67)89(118)107-41-47-136(126,127)48-42-107/h16-18,21-22,25-36,49-50,54-59,70-72,75-80,112H,15,19-20,23-24,37-48,51-53H2,1-14H3,(H,99,113)(H,100,114)(H,101,115)(H,102,110)(H,103,116)(H3,97,98,122)/t57?,58-,59-,70+,71+,72-,75+,76+,77+,78+,79-,80-/m1/s1. The van der Waals surface area contributed by atoms with Gasteiger partial charge in [-0.05, 0) is 128 Å². The number of aliphatic hydroxyl groups is 1. The van der Waals surface area contributed by atoms with E-state index >= 15 is 8.78 Å². The molecule has 14 amide bonds. The predicted octanol–water partition coefficient (Wildman–Crippen LogP) is 7.38. The van der Waals surface area contributed by atoms with E-state index in [0.29, 0.717) is 63.8 Å². The maximum absolute atomic E-state index is 16.1. The van der Waals surface area contributed by atoms with Crippen molar-refractivity contribution >= 4 is 132 Å². The summed E-state index contributed by atoms with van der Waals surface area (Å²) in [5.74, 6) is -13.8. The molecule has 5 aromatic carbocycles. The van der Waals surface area contributed by atoms with Crippen molar-refractivity contribution in [2.75, 3.05) is 121 Å². The highest BCUT2D eigenvalue weighted by atomic mass is 32.2. The Labute approximate surface area is 800 Å². The topological polar surface area (TPSA) is 474 Å². The highest BCUT2D eigenvalue weighted by Crippen LogP contribution is 2.45. The summed E-state index contributed by atoms with van der Waals surface area (Å²) >= 11 is 1.64. The van der Waals surface area contributed by atoms with Gasteiger partial charge >= 0.3 is 12.1 Å². The van der Waals surface area contributed by atoms with Crippen molar-refractivity contribution < 1.29 is 117 Å². The molecule has 1 unspecified atom stereocenters. The number of thioether (sulfide) groups is 2. The lowest BCUT2D eigenvalue weighted by molar-refractivity contribution is -0.148. The molecular formula is C94H125F2N13O23S4. The zero-order valence-electron chi connectivity index (χ0n) is 78.9. The highest BCUT2D eigenvalue weighted by molar-refractivity contribution is 8.08. The number of sulfone groups is 2. The van der Waals surface area contributed by atoms with Gasteiger partial charge < -0.3 is 86.0 Å². The van der Waals surface area contributed by atoms with Gasteiger partial charge in [0.25, 0.3) is 23.6 Å². The lowest BCUT2D eigenvalue weighted by atomic mass is 9.89. The number of halogens is 2. The van der Waals surface area contributed by atoms with Crippen LogP contribution in [0.1, 0.15) is 146 Å².